The lowest BCUT2D eigenvalue weighted by molar-refractivity contribution is 0.0397. The summed E-state index contributed by atoms with van der Waals surface area (Å²) in [4.78, 5) is 17.0. The molecule has 0 amide bonds. The quantitative estimate of drug-likeness (QED) is 0.519. The number of carbonyl (C=O) groups is 1. The predicted octanol–water partition coefficient (Wildman–Crippen LogP) is 5.03. The molecule has 2 rings (SSSR count). The van der Waals surface area contributed by atoms with Crippen LogP contribution in [0.2, 0.25) is 0 Å². The molecule has 1 aliphatic rings. The van der Waals surface area contributed by atoms with Gasteiger partial charge in [-0.3, -0.25) is 9.69 Å². The van der Waals surface area contributed by atoms with Gasteiger partial charge in [0.25, 0.3) is 0 Å². The van der Waals surface area contributed by atoms with Crippen molar-refractivity contribution in [2.24, 2.45) is 0 Å². The van der Waals surface area contributed by atoms with Crippen molar-refractivity contribution >= 4 is 17.5 Å². The summed E-state index contributed by atoms with van der Waals surface area (Å²) in [5.74, 6) is 0.343. The van der Waals surface area contributed by atoms with Gasteiger partial charge < -0.3 is 0 Å². The van der Waals surface area contributed by atoms with Crippen molar-refractivity contribution < 1.29 is 4.79 Å². The topological polar surface area (TPSA) is 20.3 Å². The molecule has 1 aromatic carbocycles. The summed E-state index contributed by atoms with van der Waals surface area (Å²) in [6.45, 7) is 6.38. The number of nitrogens with zero attached hydrogens (tertiary/aromatic N) is 1. The van der Waals surface area contributed by atoms with Crippen LogP contribution in [0, 0.1) is 0 Å². The van der Waals surface area contributed by atoms with Crippen LogP contribution in [0.25, 0.3) is 0 Å². The van der Waals surface area contributed by atoms with E-state index >= 15 is 0 Å². The highest BCUT2D eigenvalue weighted by Crippen LogP contribution is 2.37. The summed E-state index contributed by atoms with van der Waals surface area (Å²) in [5.41, 5.74) is 0.624. The minimum absolute atomic E-state index is 0.260. The Labute approximate surface area is 139 Å². The number of rotatable bonds is 7. The van der Waals surface area contributed by atoms with E-state index in [0.29, 0.717) is 5.78 Å². The molecule has 0 heterocycles. The van der Waals surface area contributed by atoms with Gasteiger partial charge in [0.15, 0.2) is 5.78 Å². The Bertz CT molecular complexity index is 477. The number of ketones is 1. The number of benzene rings is 1. The van der Waals surface area contributed by atoms with Gasteiger partial charge in [0.1, 0.15) is 0 Å². The highest BCUT2D eigenvalue weighted by atomic mass is 32.2. The lowest BCUT2D eigenvalue weighted by Crippen LogP contribution is -2.56. The zero-order chi connectivity index (χ0) is 16.0. The van der Waals surface area contributed by atoms with Crippen molar-refractivity contribution in [3.05, 3.63) is 29.8 Å². The fourth-order valence-electron chi connectivity index (χ4n) is 3.78. The molecular formula is C19H29NOS. The molecule has 0 unspecified atom stereocenters. The van der Waals surface area contributed by atoms with Crippen molar-refractivity contribution in [1.29, 1.82) is 0 Å². The number of Topliss-reactive ketones (excluding diaryl/α,β-unsaturated/α-hetero) is 1. The largest absolute Gasteiger partial charge is 0.292 e. The molecular weight excluding hydrogens is 290 g/mol. The Morgan fingerprint density at radius 2 is 1.77 bits per heavy atom. The fraction of sp³-hybridized carbons (Fsp3) is 0.632. The predicted molar refractivity (Wildman–Crippen MR) is 95.9 cm³/mol. The Hall–Kier alpha value is -0.800. The van der Waals surface area contributed by atoms with E-state index in [2.05, 4.69) is 37.1 Å². The highest BCUT2D eigenvalue weighted by molar-refractivity contribution is 7.98. The SMILES string of the molecule is CCCN(CC)C1(C(=O)c2ccc(SC)cc2)CCCCC1. The number of likely N-dealkylation sites (N-methyl/N-ethyl adjacent to an activating group) is 1. The molecule has 0 aromatic heterocycles. The maximum absolute atomic E-state index is 13.3. The van der Waals surface area contributed by atoms with E-state index in [1.807, 2.05) is 12.1 Å². The first-order chi connectivity index (χ1) is 10.7. The molecule has 0 aliphatic heterocycles. The summed E-state index contributed by atoms with van der Waals surface area (Å²) in [5, 5.41) is 0. The summed E-state index contributed by atoms with van der Waals surface area (Å²) < 4.78 is 0. The molecule has 0 N–H and O–H groups in total. The van der Waals surface area contributed by atoms with Crippen LogP contribution in [0.4, 0.5) is 0 Å². The third-order valence-electron chi connectivity index (χ3n) is 4.94. The molecule has 0 atom stereocenters. The number of hydrogen-bond acceptors (Lipinski definition) is 3. The first-order valence-corrected chi connectivity index (χ1v) is 9.84. The van der Waals surface area contributed by atoms with Crippen LogP contribution >= 0.6 is 11.8 Å². The van der Waals surface area contributed by atoms with Gasteiger partial charge in [0.2, 0.25) is 0 Å². The zero-order valence-electron chi connectivity index (χ0n) is 14.2. The summed E-state index contributed by atoms with van der Waals surface area (Å²) in [6.07, 6.45) is 8.83. The molecule has 122 valence electrons. The zero-order valence-corrected chi connectivity index (χ0v) is 15.0. The molecule has 0 radical (unpaired) electrons. The van der Waals surface area contributed by atoms with Gasteiger partial charge in [-0.25, -0.2) is 0 Å². The molecule has 0 bridgehead atoms. The molecule has 1 fully saturated rings. The van der Waals surface area contributed by atoms with E-state index in [9.17, 15) is 4.79 Å². The van der Waals surface area contributed by atoms with Crippen molar-refractivity contribution in [3.63, 3.8) is 0 Å². The second-order valence-electron chi connectivity index (χ2n) is 6.23. The van der Waals surface area contributed by atoms with Crippen LogP contribution in [-0.2, 0) is 0 Å². The van der Waals surface area contributed by atoms with E-state index in [1.165, 1.54) is 24.2 Å². The summed E-state index contributed by atoms with van der Waals surface area (Å²) >= 11 is 1.72. The lowest BCUT2D eigenvalue weighted by Gasteiger charge is -2.45. The monoisotopic (exact) mass is 319 g/mol. The van der Waals surface area contributed by atoms with Crippen LogP contribution in [0.5, 0.6) is 0 Å². The minimum Gasteiger partial charge on any atom is -0.292 e. The van der Waals surface area contributed by atoms with E-state index in [1.54, 1.807) is 11.8 Å². The number of thioether (sulfide) groups is 1. The Balaban J connectivity index is 2.32. The van der Waals surface area contributed by atoms with Crippen molar-refractivity contribution in [3.8, 4) is 0 Å². The molecule has 3 heteroatoms. The van der Waals surface area contributed by atoms with Gasteiger partial charge in [-0.1, -0.05) is 45.2 Å². The molecule has 1 saturated carbocycles. The molecule has 0 spiro atoms. The van der Waals surface area contributed by atoms with Crippen LogP contribution in [0.1, 0.15) is 62.7 Å². The van der Waals surface area contributed by atoms with Gasteiger partial charge >= 0.3 is 0 Å². The van der Waals surface area contributed by atoms with E-state index in [4.69, 9.17) is 0 Å². The molecule has 1 aliphatic carbocycles. The summed E-state index contributed by atoms with van der Waals surface area (Å²) in [7, 11) is 0. The Morgan fingerprint density at radius 1 is 1.14 bits per heavy atom. The van der Waals surface area contributed by atoms with Crippen LogP contribution in [-0.4, -0.2) is 35.6 Å². The van der Waals surface area contributed by atoms with Crippen LogP contribution in [0.15, 0.2) is 29.2 Å². The van der Waals surface area contributed by atoms with Gasteiger partial charge in [0, 0.05) is 10.5 Å². The molecule has 2 nitrogen and oxygen atoms in total. The smallest absolute Gasteiger partial charge is 0.183 e. The second kappa shape index (κ2) is 8.16. The molecule has 0 saturated heterocycles. The molecule has 1 aromatic rings. The standard InChI is InChI=1S/C19H29NOS/c1-4-15-20(5-2)19(13-7-6-8-14-19)18(21)16-9-11-17(22-3)12-10-16/h9-12H,4-8,13-15H2,1-3H3. The highest BCUT2D eigenvalue weighted by Gasteiger charge is 2.43. The Morgan fingerprint density at radius 3 is 2.27 bits per heavy atom. The van der Waals surface area contributed by atoms with Crippen molar-refractivity contribution in [2.45, 2.75) is 62.8 Å². The van der Waals surface area contributed by atoms with Gasteiger partial charge in [-0.05, 0) is 50.7 Å². The average molecular weight is 320 g/mol. The maximum Gasteiger partial charge on any atom is 0.183 e. The first-order valence-electron chi connectivity index (χ1n) is 8.62. The van der Waals surface area contributed by atoms with Crippen LogP contribution in [0.3, 0.4) is 0 Å². The third kappa shape index (κ3) is 3.57. The normalized spacial score (nSPS) is 17.6. The van der Waals surface area contributed by atoms with E-state index < -0.39 is 0 Å². The van der Waals surface area contributed by atoms with Crippen molar-refractivity contribution in [2.75, 3.05) is 19.3 Å². The van der Waals surface area contributed by atoms with Gasteiger partial charge in [-0.2, -0.15) is 0 Å². The second-order valence-corrected chi connectivity index (χ2v) is 7.11. The minimum atomic E-state index is -0.260. The van der Waals surface area contributed by atoms with Gasteiger partial charge in [-0.15, -0.1) is 11.8 Å². The van der Waals surface area contributed by atoms with Gasteiger partial charge in [0.05, 0.1) is 5.54 Å². The van der Waals surface area contributed by atoms with E-state index in [-0.39, 0.29) is 5.54 Å². The van der Waals surface area contributed by atoms with E-state index in [0.717, 1.165) is 37.9 Å². The summed E-state index contributed by atoms with van der Waals surface area (Å²) in [6, 6.07) is 8.18. The first kappa shape index (κ1) is 17.6. The Kier molecular flexibility index (Phi) is 6.51. The van der Waals surface area contributed by atoms with Crippen LogP contribution < -0.4 is 0 Å². The number of hydrogen-bond donors (Lipinski definition) is 0. The maximum atomic E-state index is 13.3. The third-order valence-corrected chi connectivity index (χ3v) is 5.68. The lowest BCUT2D eigenvalue weighted by atomic mass is 9.75. The fourth-order valence-corrected chi connectivity index (χ4v) is 4.19. The number of carbonyl (C=O) groups excluding carboxylic acids is 1. The molecule has 22 heavy (non-hydrogen) atoms. The average Bonchev–Trinajstić information content (AvgIpc) is 2.59. The van der Waals surface area contributed by atoms with Crippen molar-refractivity contribution in [1.82, 2.24) is 4.90 Å².